The molecule has 1 heterocycles. The fraction of sp³-hybridized carbons (Fsp3) is 0.562. The number of carbonyl (C=O) groups is 1. The highest BCUT2D eigenvalue weighted by atomic mass is 79.9. The number of nitrogens with zero attached hydrogens (tertiary/aromatic N) is 1. The first-order chi connectivity index (χ1) is 10.6. The van der Waals surface area contributed by atoms with E-state index in [0.29, 0.717) is 18.6 Å². The molecule has 0 aromatic heterocycles. The summed E-state index contributed by atoms with van der Waals surface area (Å²) in [5, 5.41) is 0. The SMILES string of the molecule is CC(C)Oc1cc2c(cc1Br)CC(C)N(C(=O)C(F)(F)F)CC2. The number of rotatable bonds is 2. The lowest BCUT2D eigenvalue weighted by molar-refractivity contribution is -0.187. The van der Waals surface area contributed by atoms with Gasteiger partial charge < -0.3 is 9.64 Å². The van der Waals surface area contributed by atoms with Gasteiger partial charge in [-0.05, 0) is 72.8 Å². The van der Waals surface area contributed by atoms with Gasteiger partial charge in [-0.15, -0.1) is 0 Å². The van der Waals surface area contributed by atoms with Crippen LogP contribution < -0.4 is 4.74 Å². The second kappa shape index (κ2) is 6.71. The summed E-state index contributed by atoms with van der Waals surface area (Å²) < 4.78 is 44.6. The summed E-state index contributed by atoms with van der Waals surface area (Å²) in [6.07, 6.45) is -4.07. The van der Waals surface area contributed by atoms with Crippen molar-refractivity contribution in [1.82, 2.24) is 4.90 Å². The molecule has 23 heavy (non-hydrogen) atoms. The lowest BCUT2D eigenvalue weighted by Crippen LogP contribution is -2.46. The number of carbonyl (C=O) groups excluding carboxylic acids is 1. The van der Waals surface area contributed by atoms with Crippen LogP contribution in [0.1, 0.15) is 31.9 Å². The van der Waals surface area contributed by atoms with E-state index in [0.717, 1.165) is 20.5 Å². The largest absolute Gasteiger partial charge is 0.490 e. The number of halogens is 4. The fourth-order valence-corrected chi connectivity index (χ4v) is 3.24. The molecular formula is C16H19BrF3NO2. The highest BCUT2D eigenvalue weighted by Gasteiger charge is 2.44. The van der Waals surface area contributed by atoms with E-state index in [4.69, 9.17) is 4.74 Å². The van der Waals surface area contributed by atoms with Crippen LogP contribution in [-0.2, 0) is 17.6 Å². The lowest BCUT2D eigenvalue weighted by Gasteiger charge is -2.27. The van der Waals surface area contributed by atoms with Gasteiger partial charge in [0.25, 0.3) is 0 Å². The molecule has 0 saturated heterocycles. The van der Waals surface area contributed by atoms with E-state index in [1.165, 1.54) is 0 Å². The van der Waals surface area contributed by atoms with Crippen LogP contribution >= 0.6 is 15.9 Å². The molecule has 1 unspecified atom stereocenters. The van der Waals surface area contributed by atoms with E-state index in [1.807, 2.05) is 26.0 Å². The van der Waals surface area contributed by atoms with Crippen molar-refractivity contribution in [3.8, 4) is 5.75 Å². The Morgan fingerprint density at radius 3 is 2.57 bits per heavy atom. The van der Waals surface area contributed by atoms with Crippen molar-refractivity contribution in [3.63, 3.8) is 0 Å². The Morgan fingerprint density at radius 2 is 2.00 bits per heavy atom. The predicted molar refractivity (Wildman–Crippen MR) is 84.5 cm³/mol. The smallest absolute Gasteiger partial charge is 0.471 e. The first kappa shape index (κ1) is 18.1. The van der Waals surface area contributed by atoms with Crippen LogP contribution in [0.3, 0.4) is 0 Å². The summed E-state index contributed by atoms with van der Waals surface area (Å²) >= 11 is 3.44. The number of amides is 1. The van der Waals surface area contributed by atoms with Crippen molar-refractivity contribution in [2.75, 3.05) is 6.54 Å². The molecule has 0 N–H and O–H groups in total. The maximum Gasteiger partial charge on any atom is 0.471 e. The maximum absolute atomic E-state index is 12.7. The molecule has 3 nitrogen and oxygen atoms in total. The van der Waals surface area contributed by atoms with Crippen LogP contribution in [0.4, 0.5) is 13.2 Å². The molecule has 0 fully saturated rings. The van der Waals surface area contributed by atoms with E-state index in [1.54, 1.807) is 6.92 Å². The van der Waals surface area contributed by atoms with Crippen LogP contribution in [0, 0.1) is 0 Å². The molecule has 0 bridgehead atoms. The second-order valence-corrected chi connectivity index (χ2v) is 6.87. The van der Waals surface area contributed by atoms with Crippen LogP contribution in [-0.4, -0.2) is 35.7 Å². The first-order valence-electron chi connectivity index (χ1n) is 7.45. The molecule has 1 aromatic rings. The van der Waals surface area contributed by atoms with Crippen molar-refractivity contribution in [2.24, 2.45) is 0 Å². The van der Waals surface area contributed by atoms with E-state index in [-0.39, 0.29) is 12.6 Å². The predicted octanol–water partition coefficient (Wildman–Crippen LogP) is 4.11. The van der Waals surface area contributed by atoms with Gasteiger partial charge >= 0.3 is 12.1 Å². The second-order valence-electron chi connectivity index (χ2n) is 6.02. The first-order valence-corrected chi connectivity index (χ1v) is 8.24. The molecule has 0 spiro atoms. The summed E-state index contributed by atoms with van der Waals surface area (Å²) in [7, 11) is 0. The van der Waals surface area contributed by atoms with Gasteiger partial charge in [-0.3, -0.25) is 4.79 Å². The lowest BCUT2D eigenvalue weighted by atomic mass is 10.0. The molecular weight excluding hydrogens is 375 g/mol. The van der Waals surface area contributed by atoms with Gasteiger partial charge in [0.1, 0.15) is 5.75 Å². The summed E-state index contributed by atoms with van der Waals surface area (Å²) in [6.45, 7) is 5.51. The van der Waals surface area contributed by atoms with Crippen LogP contribution in [0.15, 0.2) is 16.6 Å². The zero-order chi connectivity index (χ0) is 17.4. The standard InChI is InChI=1S/C16H19BrF3NO2/c1-9(2)23-14-8-11-4-5-21(15(22)16(18,19)20)10(3)6-12(11)7-13(14)17/h7-10H,4-6H2,1-3H3. The Bertz CT molecular complexity index is 602. The van der Waals surface area contributed by atoms with Gasteiger partial charge in [-0.1, -0.05) is 0 Å². The zero-order valence-corrected chi connectivity index (χ0v) is 14.8. The number of alkyl halides is 3. The number of ether oxygens (including phenoxy) is 1. The zero-order valence-electron chi connectivity index (χ0n) is 13.2. The van der Waals surface area contributed by atoms with E-state index >= 15 is 0 Å². The van der Waals surface area contributed by atoms with Crippen molar-refractivity contribution < 1.29 is 22.7 Å². The molecule has 128 valence electrons. The highest BCUT2D eigenvalue weighted by Crippen LogP contribution is 2.33. The molecule has 7 heteroatoms. The van der Waals surface area contributed by atoms with Gasteiger partial charge in [-0.2, -0.15) is 13.2 Å². The third-order valence-electron chi connectivity index (χ3n) is 3.79. The van der Waals surface area contributed by atoms with Crippen molar-refractivity contribution in [2.45, 2.75) is 51.9 Å². The number of benzene rings is 1. The minimum Gasteiger partial charge on any atom is -0.490 e. The van der Waals surface area contributed by atoms with E-state index < -0.39 is 18.1 Å². The minimum absolute atomic E-state index is 0.00245. The quantitative estimate of drug-likeness (QED) is 0.756. The number of fused-ring (bicyclic) bond motifs is 1. The molecule has 0 saturated carbocycles. The third-order valence-corrected chi connectivity index (χ3v) is 4.41. The summed E-state index contributed by atoms with van der Waals surface area (Å²) in [4.78, 5) is 12.5. The average molecular weight is 394 g/mol. The molecule has 1 aliphatic rings. The average Bonchev–Trinajstić information content (AvgIpc) is 2.55. The summed E-state index contributed by atoms with van der Waals surface area (Å²) in [5.41, 5.74) is 1.87. The molecule has 1 aliphatic heterocycles. The molecule has 0 aliphatic carbocycles. The van der Waals surface area contributed by atoms with Gasteiger partial charge in [0, 0.05) is 12.6 Å². The summed E-state index contributed by atoms with van der Waals surface area (Å²) in [6, 6.07) is 3.23. The highest BCUT2D eigenvalue weighted by molar-refractivity contribution is 9.10. The maximum atomic E-state index is 12.7. The molecule has 1 atom stereocenters. The molecule has 2 rings (SSSR count). The Kier molecular flexibility index (Phi) is 5.28. The normalized spacial score (nSPS) is 18.6. The third kappa shape index (κ3) is 4.19. The van der Waals surface area contributed by atoms with Gasteiger partial charge in [0.2, 0.25) is 0 Å². The van der Waals surface area contributed by atoms with E-state index in [9.17, 15) is 18.0 Å². The fourth-order valence-electron chi connectivity index (χ4n) is 2.76. The van der Waals surface area contributed by atoms with Gasteiger partial charge in [0.15, 0.2) is 0 Å². The van der Waals surface area contributed by atoms with Crippen LogP contribution in [0.5, 0.6) is 5.75 Å². The molecule has 0 radical (unpaired) electrons. The molecule has 1 amide bonds. The Morgan fingerprint density at radius 1 is 1.35 bits per heavy atom. The van der Waals surface area contributed by atoms with Crippen LogP contribution in [0.2, 0.25) is 0 Å². The Balaban J connectivity index is 2.28. The van der Waals surface area contributed by atoms with Crippen molar-refractivity contribution in [3.05, 3.63) is 27.7 Å². The van der Waals surface area contributed by atoms with Crippen molar-refractivity contribution in [1.29, 1.82) is 0 Å². The Labute approximate surface area is 141 Å². The van der Waals surface area contributed by atoms with Crippen molar-refractivity contribution >= 4 is 21.8 Å². The van der Waals surface area contributed by atoms with Gasteiger partial charge in [-0.25, -0.2) is 0 Å². The summed E-state index contributed by atoms with van der Waals surface area (Å²) in [5.74, 6) is -1.10. The minimum atomic E-state index is -4.84. The number of hydrogen-bond donors (Lipinski definition) is 0. The Hall–Kier alpha value is -1.24. The monoisotopic (exact) mass is 393 g/mol. The molecule has 1 aromatic carbocycles. The van der Waals surface area contributed by atoms with E-state index in [2.05, 4.69) is 15.9 Å². The number of hydrogen-bond acceptors (Lipinski definition) is 2. The van der Waals surface area contributed by atoms with Crippen LogP contribution in [0.25, 0.3) is 0 Å². The van der Waals surface area contributed by atoms with Gasteiger partial charge in [0.05, 0.1) is 10.6 Å². The topological polar surface area (TPSA) is 29.5 Å².